The van der Waals surface area contributed by atoms with Crippen LogP contribution in [0.2, 0.25) is 5.02 Å². The molecule has 0 unspecified atom stereocenters. The number of hydrogen-bond donors (Lipinski definition) is 1. The summed E-state index contributed by atoms with van der Waals surface area (Å²) in [6.07, 6.45) is 2.08. The third-order valence-corrected chi connectivity index (χ3v) is 2.47. The van der Waals surface area contributed by atoms with E-state index in [1.54, 1.807) is 25.1 Å². The van der Waals surface area contributed by atoms with Crippen LogP contribution in [0, 0.1) is 0 Å². The van der Waals surface area contributed by atoms with Gasteiger partial charge in [-0.15, -0.1) is 0 Å². The van der Waals surface area contributed by atoms with E-state index in [1.807, 2.05) is 0 Å². The van der Waals surface area contributed by atoms with Crippen LogP contribution >= 0.6 is 11.6 Å². The van der Waals surface area contributed by atoms with Gasteiger partial charge in [0.2, 0.25) is 0 Å². The van der Waals surface area contributed by atoms with Gasteiger partial charge in [0, 0.05) is 10.6 Å². The molecule has 0 radical (unpaired) electrons. The van der Waals surface area contributed by atoms with Crippen molar-refractivity contribution in [1.82, 2.24) is 0 Å². The van der Waals surface area contributed by atoms with Crippen molar-refractivity contribution in [3.8, 4) is 5.75 Å². The van der Waals surface area contributed by atoms with Gasteiger partial charge in [-0.25, -0.2) is 0 Å². The summed E-state index contributed by atoms with van der Waals surface area (Å²) < 4.78 is 5.60. The van der Waals surface area contributed by atoms with Gasteiger partial charge in [0.1, 0.15) is 5.75 Å². The number of rotatable bonds is 5. The van der Waals surface area contributed by atoms with Gasteiger partial charge < -0.3 is 9.94 Å². The third-order valence-electron chi connectivity index (χ3n) is 2.24. The molecule has 4 heteroatoms. The summed E-state index contributed by atoms with van der Waals surface area (Å²) >= 11 is 5.89. The first-order chi connectivity index (χ1) is 7.69. The van der Waals surface area contributed by atoms with Crippen molar-refractivity contribution in [2.45, 2.75) is 26.7 Å². The van der Waals surface area contributed by atoms with Crippen molar-refractivity contribution in [3.05, 3.63) is 28.8 Å². The summed E-state index contributed by atoms with van der Waals surface area (Å²) in [5.74, 6) is 0.702. The monoisotopic (exact) mass is 241 g/mol. The van der Waals surface area contributed by atoms with E-state index in [1.165, 1.54) is 0 Å². The molecule has 0 aliphatic rings. The number of ether oxygens (including phenoxy) is 1. The topological polar surface area (TPSA) is 41.8 Å². The van der Waals surface area contributed by atoms with Crippen LogP contribution in [0.3, 0.4) is 0 Å². The van der Waals surface area contributed by atoms with Gasteiger partial charge in [0.05, 0.1) is 12.3 Å². The maximum Gasteiger partial charge on any atom is 0.128 e. The van der Waals surface area contributed by atoms with Gasteiger partial charge in [-0.05, 0) is 31.5 Å². The summed E-state index contributed by atoms with van der Waals surface area (Å²) in [4.78, 5) is 0. The normalized spacial score (nSPS) is 11.6. The lowest BCUT2D eigenvalue weighted by Gasteiger charge is -2.10. The fourth-order valence-corrected chi connectivity index (χ4v) is 1.46. The van der Waals surface area contributed by atoms with E-state index in [9.17, 15) is 0 Å². The zero-order valence-electron chi connectivity index (χ0n) is 9.53. The van der Waals surface area contributed by atoms with E-state index >= 15 is 0 Å². The zero-order valence-corrected chi connectivity index (χ0v) is 10.3. The molecule has 0 aromatic heterocycles. The van der Waals surface area contributed by atoms with E-state index in [0.717, 1.165) is 18.4 Å². The average Bonchev–Trinajstić information content (AvgIpc) is 2.30. The number of oxime groups is 1. The minimum absolute atomic E-state index is 0.494. The third kappa shape index (κ3) is 3.42. The average molecular weight is 242 g/mol. The van der Waals surface area contributed by atoms with Gasteiger partial charge in [-0.2, -0.15) is 0 Å². The van der Waals surface area contributed by atoms with Gasteiger partial charge in [0.25, 0.3) is 0 Å². The first-order valence-electron chi connectivity index (χ1n) is 5.30. The molecule has 1 aromatic rings. The van der Waals surface area contributed by atoms with Gasteiger partial charge in [0.15, 0.2) is 0 Å². The Morgan fingerprint density at radius 3 is 2.88 bits per heavy atom. The van der Waals surface area contributed by atoms with Crippen LogP contribution in [0.5, 0.6) is 5.75 Å². The predicted molar refractivity (Wildman–Crippen MR) is 65.9 cm³/mol. The van der Waals surface area contributed by atoms with Crippen LogP contribution in [0.15, 0.2) is 23.4 Å². The Hall–Kier alpha value is -1.22. The smallest absolute Gasteiger partial charge is 0.128 e. The van der Waals surface area contributed by atoms with Gasteiger partial charge in [-0.3, -0.25) is 0 Å². The Morgan fingerprint density at radius 1 is 1.50 bits per heavy atom. The summed E-state index contributed by atoms with van der Waals surface area (Å²) in [5.41, 5.74) is 1.22. The van der Waals surface area contributed by atoms with Crippen molar-refractivity contribution >= 4 is 17.3 Å². The number of hydrogen-bond acceptors (Lipinski definition) is 3. The molecule has 0 fully saturated rings. The summed E-state index contributed by atoms with van der Waals surface area (Å²) in [6, 6.07) is 5.29. The minimum Gasteiger partial charge on any atom is -0.493 e. The molecular weight excluding hydrogens is 226 g/mol. The van der Waals surface area contributed by atoms with Crippen LogP contribution in [0.1, 0.15) is 32.3 Å². The Bertz CT molecular complexity index is 377. The maximum atomic E-state index is 8.76. The van der Waals surface area contributed by atoms with Crippen LogP contribution < -0.4 is 4.74 Å². The molecule has 0 saturated heterocycles. The molecule has 3 nitrogen and oxygen atoms in total. The SMILES string of the molecule is CCCCOc1ccc(Cl)cc1/C(C)=N/O. The van der Waals surface area contributed by atoms with E-state index in [2.05, 4.69) is 12.1 Å². The number of halogens is 1. The fraction of sp³-hybridized carbons (Fsp3) is 0.417. The van der Waals surface area contributed by atoms with Crippen LogP contribution in [0.4, 0.5) is 0 Å². The Balaban J connectivity index is 2.89. The first kappa shape index (κ1) is 12.8. The zero-order chi connectivity index (χ0) is 12.0. The van der Waals surface area contributed by atoms with E-state index < -0.39 is 0 Å². The number of nitrogens with zero attached hydrogens (tertiary/aromatic N) is 1. The largest absolute Gasteiger partial charge is 0.493 e. The molecular formula is C12H16ClNO2. The minimum atomic E-state index is 0.494. The summed E-state index contributed by atoms with van der Waals surface area (Å²) in [7, 11) is 0. The Labute approximate surface area is 101 Å². The molecule has 0 spiro atoms. The fourth-order valence-electron chi connectivity index (χ4n) is 1.29. The highest BCUT2D eigenvalue weighted by atomic mass is 35.5. The van der Waals surface area contributed by atoms with Crippen molar-refractivity contribution in [3.63, 3.8) is 0 Å². The van der Waals surface area contributed by atoms with Crippen molar-refractivity contribution in [2.24, 2.45) is 5.16 Å². The van der Waals surface area contributed by atoms with E-state index in [-0.39, 0.29) is 0 Å². The molecule has 16 heavy (non-hydrogen) atoms. The van der Waals surface area contributed by atoms with Crippen LogP contribution in [-0.2, 0) is 0 Å². The van der Waals surface area contributed by atoms with Crippen molar-refractivity contribution < 1.29 is 9.94 Å². The molecule has 0 aliphatic heterocycles. The lowest BCUT2D eigenvalue weighted by atomic mass is 10.1. The van der Waals surface area contributed by atoms with Crippen molar-refractivity contribution in [2.75, 3.05) is 6.61 Å². The van der Waals surface area contributed by atoms with Crippen LogP contribution in [-0.4, -0.2) is 17.5 Å². The molecule has 1 aromatic carbocycles. The molecule has 1 rings (SSSR count). The van der Waals surface area contributed by atoms with Crippen LogP contribution in [0.25, 0.3) is 0 Å². The number of unbranched alkanes of at least 4 members (excludes halogenated alkanes) is 1. The lowest BCUT2D eigenvalue weighted by molar-refractivity contribution is 0.306. The molecule has 0 amide bonds. The Kier molecular flexibility index (Phi) is 5.12. The molecule has 0 bridgehead atoms. The van der Waals surface area contributed by atoms with Gasteiger partial charge in [-0.1, -0.05) is 30.1 Å². The molecule has 0 aliphatic carbocycles. The lowest BCUT2D eigenvalue weighted by Crippen LogP contribution is -2.03. The molecule has 88 valence electrons. The first-order valence-corrected chi connectivity index (χ1v) is 5.68. The summed E-state index contributed by atoms with van der Waals surface area (Å²) in [6.45, 7) is 4.47. The van der Waals surface area contributed by atoms with Crippen molar-refractivity contribution in [1.29, 1.82) is 0 Å². The predicted octanol–water partition coefficient (Wildman–Crippen LogP) is 3.72. The standard InChI is InChI=1S/C12H16ClNO2/c1-3-4-7-16-12-6-5-10(13)8-11(12)9(2)14-15/h5-6,8,15H,3-4,7H2,1-2H3/b14-9+. The molecule has 0 heterocycles. The highest BCUT2D eigenvalue weighted by molar-refractivity contribution is 6.31. The maximum absolute atomic E-state index is 8.76. The second-order valence-electron chi connectivity index (χ2n) is 3.53. The quantitative estimate of drug-likeness (QED) is 0.370. The summed E-state index contributed by atoms with van der Waals surface area (Å²) in [5, 5.41) is 12.5. The Morgan fingerprint density at radius 2 is 2.25 bits per heavy atom. The molecule has 0 saturated carbocycles. The van der Waals surface area contributed by atoms with Gasteiger partial charge >= 0.3 is 0 Å². The molecule has 1 N–H and O–H groups in total. The van der Waals surface area contributed by atoms with E-state index in [4.69, 9.17) is 21.5 Å². The second-order valence-corrected chi connectivity index (χ2v) is 3.96. The van der Waals surface area contributed by atoms with E-state index in [0.29, 0.717) is 23.1 Å². The second kappa shape index (κ2) is 6.38. The number of benzene rings is 1. The highest BCUT2D eigenvalue weighted by Crippen LogP contribution is 2.23. The highest BCUT2D eigenvalue weighted by Gasteiger charge is 2.08. The molecule has 0 atom stereocenters.